The second-order valence-electron chi connectivity index (χ2n) is 3.61. The SMILES string of the molecule is O=C1CCCCC(=O)c2cn[nH]c2C1. The molecule has 1 aromatic heterocycles. The number of fused-ring (bicyclic) bond motifs is 1. The predicted octanol–water partition coefficient (Wildman–Crippen LogP) is 1.28. The molecule has 14 heavy (non-hydrogen) atoms. The Kier molecular flexibility index (Phi) is 2.43. The summed E-state index contributed by atoms with van der Waals surface area (Å²) in [5.41, 5.74) is 1.28. The summed E-state index contributed by atoms with van der Waals surface area (Å²) in [6.07, 6.45) is 4.57. The third-order valence-electron chi connectivity index (χ3n) is 2.50. The van der Waals surface area contributed by atoms with Crippen LogP contribution in [0.4, 0.5) is 0 Å². The maximum atomic E-state index is 11.6. The van der Waals surface area contributed by atoms with Crippen molar-refractivity contribution < 1.29 is 9.59 Å². The van der Waals surface area contributed by atoms with Gasteiger partial charge < -0.3 is 0 Å². The number of hydrogen-bond donors (Lipinski definition) is 1. The van der Waals surface area contributed by atoms with Crippen LogP contribution in [-0.4, -0.2) is 21.8 Å². The van der Waals surface area contributed by atoms with Gasteiger partial charge in [-0.2, -0.15) is 5.10 Å². The number of ketones is 2. The van der Waals surface area contributed by atoms with Crippen molar-refractivity contribution in [3.05, 3.63) is 17.5 Å². The van der Waals surface area contributed by atoms with Gasteiger partial charge in [0.05, 0.1) is 17.5 Å². The topological polar surface area (TPSA) is 62.8 Å². The maximum absolute atomic E-state index is 11.6. The molecule has 0 saturated carbocycles. The number of hydrogen-bond acceptors (Lipinski definition) is 3. The van der Waals surface area contributed by atoms with E-state index >= 15 is 0 Å². The number of carbonyl (C=O) groups excluding carboxylic acids is 2. The van der Waals surface area contributed by atoms with E-state index in [9.17, 15) is 9.59 Å². The Morgan fingerprint density at radius 3 is 2.86 bits per heavy atom. The highest BCUT2D eigenvalue weighted by Crippen LogP contribution is 2.15. The Morgan fingerprint density at radius 1 is 1.21 bits per heavy atom. The first-order chi connectivity index (χ1) is 6.77. The summed E-state index contributed by atoms with van der Waals surface area (Å²) in [6, 6.07) is 0. The van der Waals surface area contributed by atoms with Crippen LogP contribution in [0.1, 0.15) is 41.7 Å². The van der Waals surface area contributed by atoms with Gasteiger partial charge in [-0.1, -0.05) is 0 Å². The van der Waals surface area contributed by atoms with E-state index in [1.807, 2.05) is 0 Å². The van der Waals surface area contributed by atoms with Gasteiger partial charge in [-0.3, -0.25) is 14.7 Å². The summed E-state index contributed by atoms with van der Waals surface area (Å²) in [6.45, 7) is 0. The molecule has 0 spiro atoms. The molecule has 4 nitrogen and oxygen atoms in total. The van der Waals surface area contributed by atoms with Gasteiger partial charge >= 0.3 is 0 Å². The van der Waals surface area contributed by atoms with Gasteiger partial charge in [-0.15, -0.1) is 0 Å². The molecule has 0 fully saturated rings. The van der Waals surface area contributed by atoms with Crippen LogP contribution in [-0.2, 0) is 11.2 Å². The molecule has 1 heterocycles. The van der Waals surface area contributed by atoms with Crippen LogP contribution in [0.5, 0.6) is 0 Å². The quantitative estimate of drug-likeness (QED) is 0.673. The van der Waals surface area contributed by atoms with Crippen molar-refractivity contribution >= 4 is 11.6 Å². The summed E-state index contributed by atoms with van der Waals surface area (Å²) in [5, 5.41) is 6.53. The monoisotopic (exact) mass is 192 g/mol. The highest BCUT2D eigenvalue weighted by atomic mass is 16.1. The van der Waals surface area contributed by atoms with Gasteiger partial charge in [-0.05, 0) is 12.8 Å². The van der Waals surface area contributed by atoms with E-state index in [0.29, 0.717) is 30.5 Å². The van der Waals surface area contributed by atoms with E-state index in [2.05, 4.69) is 10.2 Å². The summed E-state index contributed by atoms with van der Waals surface area (Å²) in [4.78, 5) is 23.0. The molecule has 0 unspecified atom stereocenters. The normalized spacial score (nSPS) is 18.3. The number of nitrogens with one attached hydrogen (secondary N) is 1. The van der Waals surface area contributed by atoms with E-state index in [1.165, 1.54) is 6.20 Å². The lowest BCUT2D eigenvalue weighted by atomic mass is 10.1. The minimum Gasteiger partial charge on any atom is -0.299 e. The lowest BCUT2D eigenvalue weighted by Gasteiger charge is -1.96. The summed E-state index contributed by atoms with van der Waals surface area (Å²) in [7, 11) is 0. The molecule has 74 valence electrons. The van der Waals surface area contributed by atoms with Crippen LogP contribution in [0, 0.1) is 0 Å². The lowest BCUT2D eigenvalue weighted by Crippen LogP contribution is -2.05. The number of Topliss-reactive ketones (excluding diaryl/α,β-unsaturated/α-hetero) is 2. The first-order valence-corrected chi connectivity index (χ1v) is 4.84. The van der Waals surface area contributed by atoms with Gasteiger partial charge in [-0.25, -0.2) is 0 Å². The van der Waals surface area contributed by atoms with E-state index in [-0.39, 0.29) is 11.6 Å². The molecular formula is C10H12N2O2. The molecule has 0 bridgehead atoms. The average molecular weight is 192 g/mol. The molecule has 1 aliphatic carbocycles. The van der Waals surface area contributed by atoms with Crippen molar-refractivity contribution in [3.8, 4) is 0 Å². The first-order valence-electron chi connectivity index (χ1n) is 4.84. The van der Waals surface area contributed by atoms with E-state index in [0.717, 1.165) is 12.8 Å². The van der Waals surface area contributed by atoms with Gasteiger partial charge in [0.15, 0.2) is 5.78 Å². The second kappa shape index (κ2) is 3.74. The van der Waals surface area contributed by atoms with Crippen LogP contribution in [0.2, 0.25) is 0 Å². The molecule has 0 radical (unpaired) electrons. The minimum absolute atomic E-state index is 0.100. The molecule has 1 aromatic rings. The lowest BCUT2D eigenvalue weighted by molar-refractivity contribution is -0.118. The highest BCUT2D eigenvalue weighted by Gasteiger charge is 2.18. The standard InChI is InChI=1S/C10H12N2O2/c13-7-3-1-2-4-10(14)8-6-11-12-9(8)5-7/h6H,1-5H2,(H,11,12). The molecule has 2 rings (SSSR count). The fraction of sp³-hybridized carbons (Fsp3) is 0.500. The van der Waals surface area contributed by atoms with Crippen molar-refractivity contribution in [2.45, 2.75) is 32.1 Å². The largest absolute Gasteiger partial charge is 0.299 e. The van der Waals surface area contributed by atoms with Crippen molar-refractivity contribution in [1.82, 2.24) is 10.2 Å². The third-order valence-corrected chi connectivity index (χ3v) is 2.50. The van der Waals surface area contributed by atoms with Crippen LogP contribution >= 0.6 is 0 Å². The Morgan fingerprint density at radius 2 is 2.00 bits per heavy atom. The Labute approximate surface area is 81.7 Å². The van der Waals surface area contributed by atoms with E-state index in [1.54, 1.807) is 0 Å². The number of carbonyl (C=O) groups is 2. The maximum Gasteiger partial charge on any atom is 0.166 e. The second-order valence-corrected chi connectivity index (χ2v) is 3.61. The van der Waals surface area contributed by atoms with Crippen molar-refractivity contribution in [2.75, 3.05) is 0 Å². The summed E-state index contributed by atoms with van der Waals surface area (Å²) >= 11 is 0. The van der Waals surface area contributed by atoms with Crippen LogP contribution < -0.4 is 0 Å². The zero-order valence-corrected chi connectivity index (χ0v) is 7.88. The van der Waals surface area contributed by atoms with Crippen molar-refractivity contribution in [2.24, 2.45) is 0 Å². The predicted molar refractivity (Wildman–Crippen MR) is 50.1 cm³/mol. The molecule has 1 aliphatic rings. The molecule has 0 aromatic carbocycles. The van der Waals surface area contributed by atoms with E-state index in [4.69, 9.17) is 0 Å². The van der Waals surface area contributed by atoms with E-state index < -0.39 is 0 Å². The molecule has 0 amide bonds. The summed E-state index contributed by atoms with van der Waals surface area (Å²) < 4.78 is 0. The fourth-order valence-corrected chi connectivity index (χ4v) is 1.72. The van der Waals surface area contributed by atoms with Gasteiger partial charge in [0, 0.05) is 19.3 Å². The number of aromatic nitrogens is 2. The molecule has 0 atom stereocenters. The van der Waals surface area contributed by atoms with Gasteiger partial charge in [0.1, 0.15) is 5.78 Å². The zero-order valence-electron chi connectivity index (χ0n) is 7.88. The highest BCUT2D eigenvalue weighted by molar-refractivity contribution is 5.98. The smallest absolute Gasteiger partial charge is 0.166 e. The van der Waals surface area contributed by atoms with Crippen LogP contribution in [0.15, 0.2) is 6.20 Å². The molecular weight excluding hydrogens is 180 g/mol. The van der Waals surface area contributed by atoms with Crippen LogP contribution in [0.3, 0.4) is 0 Å². The molecule has 0 saturated heterocycles. The minimum atomic E-state index is 0.100. The van der Waals surface area contributed by atoms with Gasteiger partial charge in [0.2, 0.25) is 0 Å². The fourth-order valence-electron chi connectivity index (χ4n) is 1.72. The number of aromatic amines is 1. The molecule has 4 heteroatoms. The van der Waals surface area contributed by atoms with Crippen LogP contribution in [0.25, 0.3) is 0 Å². The number of rotatable bonds is 0. The van der Waals surface area contributed by atoms with Crippen molar-refractivity contribution in [1.29, 1.82) is 0 Å². The summed E-state index contributed by atoms with van der Waals surface area (Å²) in [5.74, 6) is 0.286. The Hall–Kier alpha value is -1.45. The van der Waals surface area contributed by atoms with Crippen molar-refractivity contribution in [3.63, 3.8) is 0 Å². The Balaban J connectivity index is 2.31. The molecule has 1 N–H and O–H groups in total. The average Bonchev–Trinajstić information content (AvgIpc) is 2.59. The number of nitrogens with zero attached hydrogens (tertiary/aromatic N) is 1. The third kappa shape index (κ3) is 1.73. The first kappa shape index (κ1) is 9.12. The number of H-pyrrole nitrogens is 1. The van der Waals surface area contributed by atoms with Gasteiger partial charge in [0.25, 0.3) is 0 Å². The molecule has 0 aliphatic heterocycles. The zero-order chi connectivity index (χ0) is 9.97. The Bertz CT molecular complexity index is 368.